The molecule has 0 N–H and O–H groups in total. The van der Waals surface area contributed by atoms with Crippen molar-refractivity contribution in [3.63, 3.8) is 0 Å². The molecule has 0 unspecified atom stereocenters. The van der Waals surface area contributed by atoms with Crippen molar-refractivity contribution in [3.8, 4) is 73.2 Å². The second-order valence-electron chi connectivity index (χ2n) is 13.9. The number of benzene rings is 8. The van der Waals surface area contributed by atoms with Gasteiger partial charge in [-0.1, -0.05) is 164 Å². The normalized spacial score (nSPS) is 11.1. The van der Waals surface area contributed by atoms with Crippen molar-refractivity contribution in [1.82, 2.24) is 19.5 Å². The van der Waals surface area contributed by atoms with Crippen molar-refractivity contribution >= 4 is 27.5 Å². The monoisotopic (exact) mass is 727 g/mol. The number of rotatable bonds is 7. The molecule has 266 valence electrons. The van der Waals surface area contributed by atoms with Crippen LogP contribution in [0.3, 0.4) is 0 Å². The molecule has 0 saturated carbocycles. The van der Waals surface area contributed by atoms with Crippen molar-refractivity contribution < 1.29 is 0 Å². The molecule has 0 bridgehead atoms. The van der Waals surface area contributed by atoms with Crippen molar-refractivity contribution in [2.24, 2.45) is 0 Å². The third-order valence-corrected chi connectivity index (χ3v) is 10.4. The summed E-state index contributed by atoms with van der Waals surface area (Å²) >= 11 is 0. The van der Waals surface area contributed by atoms with Crippen LogP contribution in [0.25, 0.3) is 99.9 Å². The summed E-state index contributed by atoms with van der Waals surface area (Å²) < 4.78 is 2.37. The predicted molar refractivity (Wildman–Crippen MR) is 233 cm³/mol. The van der Waals surface area contributed by atoms with E-state index in [1.807, 2.05) is 91.0 Å². The van der Waals surface area contributed by atoms with Crippen LogP contribution in [-0.4, -0.2) is 19.5 Å². The molecule has 0 saturated heterocycles. The third-order valence-electron chi connectivity index (χ3n) is 10.4. The van der Waals surface area contributed by atoms with Gasteiger partial charge in [-0.25, -0.2) is 19.8 Å². The Hall–Kier alpha value is -7.94. The van der Waals surface area contributed by atoms with Gasteiger partial charge in [-0.2, -0.15) is 0 Å². The number of hydrogen-bond acceptors (Lipinski definition) is 3. The summed E-state index contributed by atoms with van der Waals surface area (Å²) in [6, 6.07) is 68.8. The zero-order valence-electron chi connectivity index (χ0n) is 30.8. The third kappa shape index (κ3) is 6.22. The van der Waals surface area contributed by atoms with Gasteiger partial charge in [0.2, 0.25) is 0 Å². The lowest BCUT2D eigenvalue weighted by molar-refractivity contribution is 1.07. The van der Waals surface area contributed by atoms with Crippen LogP contribution in [0, 0.1) is 6.57 Å². The standard InChI is InChI=1S/C52H33N5/c1-53-42-28-30-48-46(34-42)45-31-40(35-17-7-2-8-18-35)27-29-47(45)57(48)49-43(36-19-9-3-10-20-36)32-41(33-44(49)37-21-11-4-12-22-37)52-55-50(38-23-13-5-14-24-38)54-51(56-52)39-25-15-6-16-26-39/h2-34H. The molecule has 10 rings (SSSR count). The van der Waals surface area contributed by atoms with Gasteiger partial charge in [0.1, 0.15) is 0 Å². The molecular formula is C52H33N5. The average Bonchev–Trinajstić information content (AvgIpc) is 3.62. The van der Waals surface area contributed by atoms with Crippen LogP contribution < -0.4 is 0 Å². The Balaban J connectivity index is 1.31. The van der Waals surface area contributed by atoms with Gasteiger partial charge in [-0.15, -0.1) is 0 Å². The first-order valence-electron chi connectivity index (χ1n) is 18.9. The first-order valence-corrected chi connectivity index (χ1v) is 18.9. The van der Waals surface area contributed by atoms with E-state index < -0.39 is 0 Å². The van der Waals surface area contributed by atoms with Crippen molar-refractivity contribution in [2.45, 2.75) is 0 Å². The molecule has 0 atom stereocenters. The first kappa shape index (κ1) is 33.6. The summed E-state index contributed by atoms with van der Waals surface area (Å²) in [4.78, 5) is 19.2. The summed E-state index contributed by atoms with van der Waals surface area (Å²) in [5.41, 5.74) is 12.8. The zero-order chi connectivity index (χ0) is 38.1. The topological polar surface area (TPSA) is 48.0 Å². The highest BCUT2D eigenvalue weighted by atomic mass is 15.0. The second kappa shape index (κ2) is 14.4. The maximum Gasteiger partial charge on any atom is 0.188 e. The Kier molecular flexibility index (Phi) is 8.48. The Bertz CT molecular complexity index is 2980. The van der Waals surface area contributed by atoms with Gasteiger partial charge in [0, 0.05) is 33.2 Å². The van der Waals surface area contributed by atoms with Gasteiger partial charge < -0.3 is 4.57 Å². The molecule has 8 aromatic carbocycles. The fourth-order valence-corrected chi connectivity index (χ4v) is 7.75. The molecule has 0 aliphatic rings. The molecule has 0 aliphatic carbocycles. The number of aromatic nitrogens is 4. The zero-order valence-corrected chi connectivity index (χ0v) is 30.8. The number of nitrogens with zero attached hydrogens (tertiary/aromatic N) is 5. The van der Waals surface area contributed by atoms with Crippen LogP contribution in [0.15, 0.2) is 200 Å². The fourth-order valence-electron chi connectivity index (χ4n) is 7.75. The quantitative estimate of drug-likeness (QED) is 0.154. The molecule has 0 spiro atoms. The van der Waals surface area contributed by atoms with E-state index >= 15 is 0 Å². The van der Waals surface area contributed by atoms with Gasteiger partial charge in [0.25, 0.3) is 0 Å². The van der Waals surface area contributed by atoms with Crippen LogP contribution in [0.5, 0.6) is 0 Å². The smallest absolute Gasteiger partial charge is 0.188 e. The second-order valence-corrected chi connectivity index (χ2v) is 13.9. The summed E-state index contributed by atoms with van der Waals surface area (Å²) in [7, 11) is 0. The van der Waals surface area contributed by atoms with E-state index in [2.05, 4.69) is 119 Å². The summed E-state index contributed by atoms with van der Waals surface area (Å²) in [6.45, 7) is 7.91. The molecule has 2 aromatic heterocycles. The number of hydrogen-bond donors (Lipinski definition) is 0. The van der Waals surface area contributed by atoms with Gasteiger partial charge >= 0.3 is 0 Å². The molecule has 5 nitrogen and oxygen atoms in total. The highest BCUT2D eigenvalue weighted by Crippen LogP contribution is 2.45. The Labute approximate surface area is 330 Å². The number of fused-ring (bicyclic) bond motifs is 3. The lowest BCUT2D eigenvalue weighted by atomic mass is 9.92. The Morgan fingerprint density at radius 1 is 0.351 bits per heavy atom. The van der Waals surface area contributed by atoms with E-state index in [-0.39, 0.29) is 0 Å². The van der Waals surface area contributed by atoms with E-state index in [1.54, 1.807) is 0 Å². The van der Waals surface area contributed by atoms with Gasteiger partial charge in [-0.05, 0) is 64.0 Å². The van der Waals surface area contributed by atoms with Crippen LogP contribution in [-0.2, 0) is 0 Å². The molecule has 0 fully saturated rings. The van der Waals surface area contributed by atoms with Crippen LogP contribution >= 0.6 is 0 Å². The maximum absolute atomic E-state index is 7.91. The van der Waals surface area contributed by atoms with Crippen molar-refractivity contribution in [1.29, 1.82) is 0 Å². The fraction of sp³-hybridized carbons (Fsp3) is 0. The van der Waals surface area contributed by atoms with Crippen molar-refractivity contribution in [2.75, 3.05) is 0 Å². The van der Waals surface area contributed by atoms with Gasteiger partial charge in [0.15, 0.2) is 23.2 Å². The average molecular weight is 728 g/mol. The summed E-state index contributed by atoms with van der Waals surface area (Å²) in [5, 5.41) is 2.10. The van der Waals surface area contributed by atoms with E-state index in [1.165, 1.54) is 0 Å². The lowest BCUT2D eigenvalue weighted by Gasteiger charge is -2.21. The van der Waals surface area contributed by atoms with Crippen LogP contribution in [0.2, 0.25) is 0 Å². The molecule has 10 aromatic rings. The largest absolute Gasteiger partial charge is 0.308 e. The summed E-state index contributed by atoms with van der Waals surface area (Å²) in [5.74, 6) is 1.80. The lowest BCUT2D eigenvalue weighted by Crippen LogP contribution is -2.04. The Morgan fingerprint density at radius 3 is 1.23 bits per heavy atom. The van der Waals surface area contributed by atoms with E-state index in [4.69, 9.17) is 21.5 Å². The Morgan fingerprint density at radius 2 is 0.754 bits per heavy atom. The minimum absolute atomic E-state index is 0.583. The van der Waals surface area contributed by atoms with E-state index in [9.17, 15) is 0 Å². The minimum Gasteiger partial charge on any atom is -0.308 e. The molecule has 5 heteroatoms. The van der Waals surface area contributed by atoms with E-state index in [0.717, 1.165) is 77.6 Å². The molecular weight excluding hydrogens is 695 g/mol. The highest BCUT2D eigenvalue weighted by Gasteiger charge is 2.23. The first-order chi connectivity index (χ1) is 28.2. The summed E-state index contributed by atoms with van der Waals surface area (Å²) in [6.07, 6.45) is 0. The maximum atomic E-state index is 7.91. The molecule has 0 radical (unpaired) electrons. The molecule has 0 aliphatic heterocycles. The molecule has 2 heterocycles. The predicted octanol–water partition coefficient (Wildman–Crippen LogP) is 13.5. The SMILES string of the molecule is [C-]#[N+]c1ccc2c(c1)c1cc(-c3ccccc3)ccc1n2-c1c(-c2ccccc2)cc(-c2nc(-c3ccccc3)nc(-c3ccccc3)n2)cc1-c1ccccc1. The van der Waals surface area contributed by atoms with Crippen LogP contribution in [0.4, 0.5) is 5.69 Å². The van der Waals surface area contributed by atoms with Crippen LogP contribution in [0.1, 0.15) is 0 Å². The highest BCUT2D eigenvalue weighted by molar-refractivity contribution is 6.13. The van der Waals surface area contributed by atoms with Gasteiger partial charge in [-0.3, -0.25) is 0 Å². The van der Waals surface area contributed by atoms with Gasteiger partial charge in [0.05, 0.1) is 23.3 Å². The molecule has 57 heavy (non-hydrogen) atoms. The van der Waals surface area contributed by atoms with E-state index in [0.29, 0.717) is 23.2 Å². The minimum atomic E-state index is 0.583. The van der Waals surface area contributed by atoms with Crippen molar-refractivity contribution in [3.05, 3.63) is 212 Å². The molecule has 0 amide bonds.